The van der Waals surface area contributed by atoms with E-state index in [-0.39, 0.29) is 23.7 Å². The molecule has 1 amide bonds. The number of fused-ring (bicyclic) bond motifs is 6. The number of anilines is 2. The minimum atomic E-state index is -0.360. The van der Waals surface area contributed by atoms with Crippen LogP contribution in [0, 0.1) is 0 Å². The number of hydrogen-bond donors (Lipinski definition) is 1. The molecule has 0 bridgehead atoms. The third kappa shape index (κ3) is 2.37. The van der Waals surface area contributed by atoms with E-state index in [1.807, 2.05) is 54.6 Å². The zero-order valence-electron chi connectivity index (χ0n) is 15.6. The van der Waals surface area contributed by atoms with Crippen LogP contribution in [0.4, 0.5) is 11.4 Å². The van der Waals surface area contributed by atoms with Crippen molar-refractivity contribution in [1.29, 1.82) is 0 Å². The van der Waals surface area contributed by atoms with Gasteiger partial charge in [0.2, 0.25) is 0 Å². The molecule has 0 spiro atoms. The van der Waals surface area contributed by atoms with Crippen molar-refractivity contribution in [3.8, 4) is 0 Å². The van der Waals surface area contributed by atoms with Crippen molar-refractivity contribution < 1.29 is 9.59 Å². The molecule has 0 radical (unpaired) electrons. The molecule has 6 rings (SSSR count). The Morgan fingerprint density at radius 3 is 2.62 bits per heavy atom. The summed E-state index contributed by atoms with van der Waals surface area (Å²) in [7, 11) is 0. The second-order valence-corrected chi connectivity index (χ2v) is 8.72. The van der Waals surface area contributed by atoms with Crippen molar-refractivity contribution >= 4 is 34.4 Å². The molecule has 3 aromatic rings. The first-order valence-corrected chi connectivity index (χ1v) is 10.7. The molecule has 3 aliphatic rings. The molecule has 0 saturated heterocycles. The number of Topliss-reactive ketones (excluding diaryl/α,β-unsaturated/α-hetero) is 1. The SMILES string of the molecule is O=C1C[C@@H](c2cccs2)CC2=C1[C@H]1c3ccccc3C(=O)N1c1ccccc1N2. The fraction of sp³-hybridized carbons (Fsp3) is 0.167. The van der Waals surface area contributed by atoms with Gasteiger partial charge in [0.15, 0.2) is 5.78 Å². The van der Waals surface area contributed by atoms with E-state index in [1.165, 1.54) is 4.88 Å². The Bertz CT molecular complexity index is 1200. The smallest absolute Gasteiger partial charge is 0.259 e. The zero-order valence-corrected chi connectivity index (χ0v) is 16.4. The van der Waals surface area contributed by atoms with Crippen molar-refractivity contribution in [3.63, 3.8) is 0 Å². The molecular weight excluding hydrogens is 380 g/mol. The average molecular weight is 398 g/mol. The Balaban J connectivity index is 1.57. The molecule has 4 nitrogen and oxygen atoms in total. The van der Waals surface area contributed by atoms with Gasteiger partial charge < -0.3 is 5.32 Å². The van der Waals surface area contributed by atoms with Crippen LogP contribution in [0.3, 0.4) is 0 Å². The molecule has 1 N–H and O–H groups in total. The largest absolute Gasteiger partial charge is 0.357 e. The summed E-state index contributed by atoms with van der Waals surface area (Å²) in [6.45, 7) is 0. The van der Waals surface area contributed by atoms with Gasteiger partial charge in [-0.1, -0.05) is 36.4 Å². The van der Waals surface area contributed by atoms with Crippen molar-refractivity contribution in [2.24, 2.45) is 0 Å². The molecule has 5 heteroatoms. The lowest BCUT2D eigenvalue weighted by Gasteiger charge is -2.30. The van der Waals surface area contributed by atoms with E-state index in [2.05, 4.69) is 16.8 Å². The lowest BCUT2D eigenvalue weighted by molar-refractivity contribution is -0.116. The van der Waals surface area contributed by atoms with Crippen molar-refractivity contribution in [1.82, 2.24) is 0 Å². The third-order valence-electron chi connectivity index (χ3n) is 6.14. The van der Waals surface area contributed by atoms with Crippen LogP contribution in [0.2, 0.25) is 0 Å². The summed E-state index contributed by atoms with van der Waals surface area (Å²) in [5.41, 5.74) is 5.01. The van der Waals surface area contributed by atoms with E-state index >= 15 is 0 Å². The molecule has 1 aliphatic carbocycles. The standard InChI is InChI=1S/C24H18N2O2S/c27-20-13-14(21-10-5-11-29-21)12-18-22(20)23-15-6-1-2-7-16(15)24(28)26(23)19-9-4-3-8-17(19)25-18/h1-11,14,23,25H,12-13H2/t14-,23+/m0/s1. The van der Waals surface area contributed by atoms with E-state index in [0.29, 0.717) is 12.0 Å². The molecule has 3 heterocycles. The van der Waals surface area contributed by atoms with Gasteiger partial charge in [0.05, 0.1) is 17.4 Å². The monoisotopic (exact) mass is 398 g/mol. The zero-order chi connectivity index (χ0) is 19.5. The number of para-hydroxylation sites is 2. The Labute approximate surface area is 172 Å². The maximum absolute atomic E-state index is 13.5. The molecule has 29 heavy (non-hydrogen) atoms. The molecule has 142 valence electrons. The number of benzene rings is 2. The predicted octanol–water partition coefficient (Wildman–Crippen LogP) is 5.28. The summed E-state index contributed by atoms with van der Waals surface area (Å²) in [4.78, 5) is 29.9. The predicted molar refractivity (Wildman–Crippen MR) is 114 cm³/mol. The molecule has 2 aromatic carbocycles. The summed E-state index contributed by atoms with van der Waals surface area (Å²) in [6, 6.07) is 19.3. The highest BCUT2D eigenvalue weighted by atomic mass is 32.1. The molecule has 2 atom stereocenters. The van der Waals surface area contributed by atoms with Gasteiger partial charge in [0.25, 0.3) is 5.91 Å². The Morgan fingerprint density at radius 2 is 1.76 bits per heavy atom. The average Bonchev–Trinajstić information content (AvgIpc) is 3.33. The first-order valence-electron chi connectivity index (χ1n) is 9.80. The summed E-state index contributed by atoms with van der Waals surface area (Å²) in [5, 5.41) is 5.60. The topological polar surface area (TPSA) is 49.4 Å². The molecule has 0 unspecified atom stereocenters. The number of rotatable bonds is 1. The number of hydrogen-bond acceptors (Lipinski definition) is 4. The molecule has 0 fully saturated rings. The van der Waals surface area contributed by atoms with Crippen LogP contribution in [0.15, 0.2) is 77.3 Å². The number of nitrogens with one attached hydrogen (secondary N) is 1. The normalized spacial score (nSPS) is 22.4. The Hall–Kier alpha value is -3.18. The summed E-state index contributed by atoms with van der Waals surface area (Å²) in [6.07, 6.45) is 1.26. The van der Waals surface area contributed by atoms with Crippen molar-refractivity contribution in [2.75, 3.05) is 10.2 Å². The Morgan fingerprint density at radius 1 is 0.931 bits per heavy atom. The van der Waals surface area contributed by atoms with Crippen LogP contribution in [0.1, 0.15) is 45.6 Å². The highest BCUT2D eigenvalue weighted by Gasteiger charge is 2.46. The van der Waals surface area contributed by atoms with Gasteiger partial charge in [-0.2, -0.15) is 0 Å². The van der Waals surface area contributed by atoms with Crippen LogP contribution in [0.25, 0.3) is 0 Å². The highest BCUT2D eigenvalue weighted by Crippen LogP contribution is 2.51. The number of nitrogens with zero attached hydrogens (tertiary/aromatic N) is 1. The second kappa shape index (κ2) is 6.16. The maximum atomic E-state index is 13.5. The van der Waals surface area contributed by atoms with Gasteiger partial charge >= 0.3 is 0 Å². The quantitative estimate of drug-likeness (QED) is 0.607. The number of allylic oxidation sites excluding steroid dienone is 1. The van der Waals surface area contributed by atoms with E-state index in [1.54, 1.807) is 16.2 Å². The van der Waals surface area contributed by atoms with Crippen molar-refractivity contribution in [2.45, 2.75) is 24.8 Å². The summed E-state index contributed by atoms with van der Waals surface area (Å²) < 4.78 is 0. The van der Waals surface area contributed by atoms with Gasteiger partial charge in [-0.05, 0) is 41.6 Å². The van der Waals surface area contributed by atoms with Gasteiger partial charge in [-0.15, -0.1) is 11.3 Å². The molecule has 2 aliphatic heterocycles. The van der Waals surface area contributed by atoms with Crippen LogP contribution in [0.5, 0.6) is 0 Å². The third-order valence-corrected chi connectivity index (χ3v) is 7.17. The minimum Gasteiger partial charge on any atom is -0.357 e. The lowest BCUT2D eigenvalue weighted by Crippen LogP contribution is -2.32. The minimum absolute atomic E-state index is 0.0400. The van der Waals surface area contributed by atoms with Gasteiger partial charge in [0, 0.05) is 34.0 Å². The van der Waals surface area contributed by atoms with Crippen LogP contribution < -0.4 is 10.2 Å². The fourth-order valence-corrected chi connectivity index (χ4v) is 5.72. The molecular formula is C24H18N2O2S. The van der Waals surface area contributed by atoms with E-state index < -0.39 is 0 Å². The first kappa shape index (κ1) is 16.7. The molecule has 0 saturated carbocycles. The van der Waals surface area contributed by atoms with E-state index in [4.69, 9.17) is 0 Å². The number of ketones is 1. The highest BCUT2D eigenvalue weighted by molar-refractivity contribution is 7.10. The van der Waals surface area contributed by atoms with Gasteiger partial charge in [-0.3, -0.25) is 14.5 Å². The number of amides is 1. The van der Waals surface area contributed by atoms with Gasteiger partial charge in [-0.25, -0.2) is 0 Å². The number of carbonyl (C=O) groups is 2. The lowest BCUT2D eigenvalue weighted by atomic mass is 9.81. The van der Waals surface area contributed by atoms with E-state index in [9.17, 15) is 9.59 Å². The Kier molecular flexibility index (Phi) is 3.56. The number of thiophene rings is 1. The number of carbonyl (C=O) groups excluding carboxylic acids is 2. The van der Waals surface area contributed by atoms with Crippen LogP contribution in [-0.4, -0.2) is 11.7 Å². The summed E-state index contributed by atoms with van der Waals surface area (Å²) in [5.74, 6) is 0.269. The summed E-state index contributed by atoms with van der Waals surface area (Å²) >= 11 is 1.70. The fourth-order valence-electron chi connectivity index (χ4n) is 4.89. The van der Waals surface area contributed by atoms with Gasteiger partial charge in [0.1, 0.15) is 0 Å². The maximum Gasteiger partial charge on any atom is 0.259 e. The van der Waals surface area contributed by atoms with Crippen LogP contribution in [-0.2, 0) is 4.79 Å². The van der Waals surface area contributed by atoms with Crippen LogP contribution >= 0.6 is 11.3 Å². The van der Waals surface area contributed by atoms with E-state index in [0.717, 1.165) is 34.6 Å². The molecule has 1 aromatic heterocycles. The first-order chi connectivity index (χ1) is 14.2. The second-order valence-electron chi connectivity index (χ2n) is 7.74. The van der Waals surface area contributed by atoms with Crippen molar-refractivity contribution in [3.05, 3.63) is 93.3 Å².